The molecule has 1 saturated heterocycles. The zero-order valence-electron chi connectivity index (χ0n) is 11.2. The summed E-state index contributed by atoms with van der Waals surface area (Å²) in [5.74, 6) is 0.148. The van der Waals surface area contributed by atoms with Crippen LogP contribution in [0.5, 0.6) is 0 Å². The van der Waals surface area contributed by atoms with Crippen LogP contribution in [0.25, 0.3) is 0 Å². The Morgan fingerprint density at radius 1 is 1.63 bits per heavy atom. The Hall–Kier alpha value is -1.29. The Bertz CT molecular complexity index is 438. The molecule has 1 fully saturated rings. The van der Waals surface area contributed by atoms with Gasteiger partial charge in [0.2, 0.25) is 5.91 Å². The molecule has 0 radical (unpaired) electrons. The molecule has 1 aromatic rings. The second-order valence-corrected chi connectivity index (χ2v) is 5.34. The van der Waals surface area contributed by atoms with Crippen LogP contribution in [0.15, 0.2) is 18.5 Å². The number of hydrogen-bond acceptors (Lipinski definition) is 3. The van der Waals surface area contributed by atoms with Gasteiger partial charge in [0.05, 0.1) is 10.7 Å². The van der Waals surface area contributed by atoms with E-state index in [4.69, 9.17) is 11.6 Å². The van der Waals surface area contributed by atoms with Gasteiger partial charge >= 0.3 is 0 Å². The molecule has 0 spiro atoms. The number of pyridine rings is 1. The van der Waals surface area contributed by atoms with Gasteiger partial charge in [-0.05, 0) is 25.3 Å². The number of halogens is 1. The van der Waals surface area contributed by atoms with Gasteiger partial charge in [0.15, 0.2) is 0 Å². The van der Waals surface area contributed by atoms with Crippen molar-refractivity contribution < 1.29 is 4.79 Å². The summed E-state index contributed by atoms with van der Waals surface area (Å²) in [7, 11) is 0. The monoisotopic (exact) mass is 281 g/mol. The SMILES string of the molecule is CCCC(=O)N[C@H]1CCCN(c2ccncc2Cl)C1. The van der Waals surface area contributed by atoms with Gasteiger partial charge in [0.25, 0.3) is 0 Å². The Morgan fingerprint density at radius 2 is 2.47 bits per heavy atom. The third kappa shape index (κ3) is 3.83. The molecular weight excluding hydrogens is 262 g/mol. The zero-order chi connectivity index (χ0) is 13.7. The molecule has 1 atom stereocenters. The van der Waals surface area contributed by atoms with Crippen LogP contribution in [0.2, 0.25) is 5.02 Å². The maximum absolute atomic E-state index is 11.7. The van der Waals surface area contributed by atoms with Crippen molar-refractivity contribution in [1.82, 2.24) is 10.3 Å². The topological polar surface area (TPSA) is 45.2 Å². The fourth-order valence-electron chi connectivity index (χ4n) is 2.46. The van der Waals surface area contributed by atoms with Crippen LogP contribution in [0, 0.1) is 0 Å². The molecule has 1 amide bonds. The lowest BCUT2D eigenvalue weighted by Gasteiger charge is -2.35. The van der Waals surface area contributed by atoms with Crippen molar-refractivity contribution in [3.05, 3.63) is 23.5 Å². The summed E-state index contributed by atoms with van der Waals surface area (Å²) in [5.41, 5.74) is 1.01. The number of carbonyl (C=O) groups is 1. The van der Waals surface area contributed by atoms with Crippen LogP contribution in [0.1, 0.15) is 32.6 Å². The fraction of sp³-hybridized carbons (Fsp3) is 0.571. The number of nitrogens with one attached hydrogen (secondary N) is 1. The Kier molecular flexibility index (Phi) is 5.02. The van der Waals surface area contributed by atoms with Crippen molar-refractivity contribution in [2.45, 2.75) is 38.6 Å². The van der Waals surface area contributed by atoms with Crippen LogP contribution < -0.4 is 10.2 Å². The second kappa shape index (κ2) is 6.75. The number of aromatic nitrogens is 1. The molecule has 0 bridgehead atoms. The van der Waals surface area contributed by atoms with Crippen molar-refractivity contribution in [3.8, 4) is 0 Å². The van der Waals surface area contributed by atoms with Gasteiger partial charge in [-0.1, -0.05) is 18.5 Å². The first kappa shape index (κ1) is 14.1. The normalized spacial score (nSPS) is 19.3. The van der Waals surface area contributed by atoms with Gasteiger partial charge < -0.3 is 10.2 Å². The molecule has 4 nitrogen and oxygen atoms in total. The summed E-state index contributed by atoms with van der Waals surface area (Å²) in [5, 5.41) is 3.77. The summed E-state index contributed by atoms with van der Waals surface area (Å²) in [4.78, 5) is 17.9. The predicted octanol–water partition coefficient (Wildman–Crippen LogP) is 2.62. The van der Waals surface area contributed by atoms with E-state index in [0.717, 1.165) is 38.0 Å². The molecule has 2 heterocycles. The molecule has 1 N–H and O–H groups in total. The van der Waals surface area contributed by atoms with Crippen LogP contribution >= 0.6 is 11.6 Å². The number of amides is 1. The quantitative estimate of drug-likeness (QED) is 0.923. The van der Waals surface area contributed by atoms with Crippen LogP contribution in [0.4, 0.5) is 5.69 Å². The third-order valence-corrected chi connectivity index (χ3v) is 3.65. The molecular formula is C14H20ClN3O. The molecule has 1 aliphatic heterocycles. The number of carbonyl (C=O) groups excluding carboxylic acids is 1. The number of nitrogens with zero attached hydrogens (tertiary/aromatic N) is 2. The highest BCUT2D eigenvalue weighted by molar-refractivity contribution is 6.33. The smallest absolute Gasteiger partial charge is 0.220 e. The third-order valence-electron chi connectivity index (χ3n) is 3.36. The van der Waals surface area contributed by atoms with Crippen LogP contribution in [-0.2, 0) is 4.79 Å². The summed E-state index contributed by atoms with van der Waals surface area (Å²) in [6, 6.07) is 2.15. The highest BCUT2D eigenvalue weighted by Gasteiger charge is 2.22. The van der Waals surface area contributed by atoms with E-state index in [2.05, 4.69) is 15.2 Å². The van der Waals surface area contributed by atoms with Crippen molar-refractivity contribution in [2.75, 3.05) is 18.0 Å². The van der Waals surface area contributed by atoms with E-state index in [1.54, 1.807) is 12.4 Å². The van der Waals surface area contributed by atoms with Gasteiger partial charge in [-0.2, -0.15) is 0 Å². The molecule has 0 unspecified atom stereocenters. The van der Waals surface area contributed by atoms with Crippen LogP contribution in [0.3, 0.4) is 0 Å². The lowest BCUT2D eigenvalue weighted by Crippen LogP contribution is -2.47. The fourth-order valence-corrected chi connectivity index (χ4v) is 2.70. The van der Waals surface area contributed by atoms with E-state index in [-0.39, 0.29) is 11.9 Å². The average molecular weight is 282 g/mol. The number of anilines is 1. The zero-order valence-corrected chi connectivity index (χ0v) is 12.0. The maximum Gasteiger partial charge on any atom is 0.220 e. The Balaban J connectivity index is 1.97. The summed E-state index contributed by atoms with van der Waals surface area (Å²) in [6.45, 7) is 3.81. The van der Waals surface area contributed by atoms with Crippen molar-refractivity contribution in [3.63, 3.8) is 0 Å². The second-order valence-electron chi connectivity index (χ2n) is 4.93. The first-order valence-electron chi connectivity index (χ1n) is 6.84. The molecule has 19 heavy (non-hydrogen) atoms. The minimum Gasteiger partial charge on any atom is -0.368 e. The molecule has 0 aliphatic carbocycles. The largest absolute Gasteiger partial charge is 0.368 e. The van der Waals surface area contributed by atoms with E-state index in [0.29, 0.717) is 11.4 Å². The Labute approximate surface area is 119 Å². The molecule has 104 valence electrons. The first-order valence-corrected chi connectivity index (χ1v) is 7.22. The molecule has 5 heteroatoms. The van der Waals surface area contributed by atoms with Crippen molar-refractivity contribution in [2.24, 2.45) is 0 Å². The minimum atomic E-state index is 0.148. The summed E-state index contributed by atoms with van der Waals surface area (Å²) in [6.07, 6.45) is 7.01. The number of piperidine rings is 1. The number of hydrogen-bond donors (Lipinski definition) is 1. The molecule has 2 rings (SSSR count). The average Bonchev–Trinajstić information content (AvgIpc) is 2.40. The van der Waals surface area contributed by atoms with Gasteiger partial charge in [-0.3, -0.25) is 9.78 Å². The van der Waals surface area contributed by atoms with Crippen LogP contribution in [-0.4, -0.2) is 30.0 Å². The lowest BCUT2D eigenvalue weighted by molar-refractivity contribution is -0.121. The summed E-state index contributed by atoms with van der Waals surface area (Å²) >= 11 is 6.17. The van der Waals surface area contributed by atoms with E-state index in [1.165, 1.54) is 0 Å². The van der Waals surface area contributed by atoms with E-state index in [1.807, 2.05) is 13.0 Å². The molecule has 0 aromatic carbocycles. The van der Waals surface area contributed by atoms with Crippen molar-refractivity contribution in [1.29, 1.82) is 0 Å². The Morgan fingerprint density at radius 3 is 3.21 bits per heavy atom. The van der Waals surface area contributed by atoms with E-state index in [9.17, 15) is 4.79 Å². The van der Waals surface area contributed by atoms with E-state index < -0.39 is 0 Å². The maximum atomic E-state index is 11.7. The molecule has 1 aromatic heterocycles. The first-order chi connectivity index (χ1) is 9.20. The highest BCUT2D eigenvalue weighted by atomic mass is 35.5. The number of rotatable bonds is 4. The highest BCUT2D eigenvalue weighted by Crippen LogP contribution is 2.26. The van der Waals surface area contributed by atoms with Gasteiger partial charge in [0.1, 0.15) is 0 Å². The van der Waals surface area contributed by atoms with Crippen molar-refractivity contribution >= 4 is 23.2 Å². The van der Waals surface area contributed by atoms with E-state index >= 15 is 0 Å². The minimum absolute atomic E-state index is 0.148. The summed E-state index contributed by atoms with van der Waals surface area (Å²) < 4.78 is 0. The standard InChI is InChI=1S/C14H20ClN3O/c1-2-4-14(19)17-11-5-3-8-18(10-11)13-6-7-16-9-12(13)15/h6-7,9,11H,2-5,8,10H2,1H3,(H,17,19)/t11-/m0/s1. The predicted molar refractivity (Wildman–Crippen MR) is 77.5 cm³/mol. The van der Waals surface area contributed by atoms with Gasteiger partial charge in [-0.15, -0.1) is 0 Å². The molecule has 1 aliphatic rings. The lowest BCUT2D eigenvalue weighted by atomic mass is 10.0. The van der Waals surface area contributed by atoms with Gasteiger partial charge in [-0.25, -0.2) is 0 Å². The molecule has 0 saturated carbocycles. The van der Waals surface area contributed by atoms with Gasteiger partial charge in [0, 0.05) is 37.9 Å².